The van der Waals surface area contributed by atoms with Crippen molar-refractivity contribution in [2.24, 2.45) is 5.92 Å². The van der Waals surface area contributed by atoms with Crippen LogP contribution in [-0.4, -0.2) is 32.8 Å². The molecule has 2 N–H and O–H groups in total. The standard InChI is InChI=1S/C13H19N3O3/c1-9-4-2-3-5-10(9)14-13(19)11-6-7-16(15-11)8-12(17)18/h6-7,9-10H,2-5,8H2,1H3,(H,14,19)(H,17,18). The second-order valence-electron chi connectivity index (χ2n) is 5.13. The largest absolute Gasteiger partial charge is 0.480 e. The third-order valence-corrected chi connectivity index (χ3v) is 3.60. The highest BCUT2D eigenvalue weighted by atomic mass is 16.4. The van der Waals surface area contributed by atoms with Crippen molar-refractivity contribution >= 4 is 11.9 Å². The minimum atomic E-state index is -0.976. The van der Waals surface area contributed by atoms with E-state index in [0.717, 1.165) is 19.3 Å². The first-order chi connectivity index (χ1) is 9.06. The van der Waals surface area contributed by atoms with E-state index in [-0.39, 0.29) is 24.2 Å². The fourth-order valence-electron chi connectivity index (χ4n) is 2.48. The third-order valence-electron chi connectivity index (χ3n) is 3.60. The summed E-state index contributed by atoms with van der Waals surface area (Å²) in [5, 5.41) is 15.6. The first-order valence-electron chi connectivity index (χ1n) is 6.62. The number of aromatic nitrogens is 2. The molecule has 0 aliphatic heterocycles. The van der Waals surface area contributed by atoms with Gasteiger partial charge in [0.2, 0.25) is 0 Å². The quantitative estimate of drug-likeness (QED) is 0.858. The summed E-state index contributed by atoms with van der Waals surface area (Å²) in [5.41, 5.74) is 0.277. The molecule has 104 valence electrons. The summed E-state index contributed by atoms with van der Waals surface area (Å²) in [6.07, 6.45) is 6.01. The van der Waals surface area contributed by atoms with Crippen molar-refractivity contribution in [1.29, 1.82) is 0 Å². The van der Waals surface area contributed by atoms with Gasteiger partial charge in [0.15, 0.2) is 0 Å². The minimum absolute atomic E-state index is 0.200. The van der Waals surface area contributed by atoms with Crippen molar-refractivity contribution in [1.82, 2.24) is 15.1 Å². The molecule has 2 rings (SSSR count). The number of amides is 1. The van der Waals surface area contributed by atoms with Crippen molar-refractivity contribution in [2.75, 3.05) is 0 Å². The van der Waals surface area contributed by atoms with E-state index >= 15 is 0 Å². The molecule has 1 fully saturated rings. The van der Waals surface area contributed by atoms with Crippen LogP contribution in [0.3, 0.4) is 0 Å². The number of hydrogen-bond donors (Lipinski definition) is 2. The molecule has 2 atom stereocenters. The molecule has 2 unspecified atom stereocenters. The first kappa shape index (κ1) is 13.6. The van der Waals surface area contributed by atoms with Crippen molar-refractivity contribution in [3.63, 3.8) is 0 Å². The predicted molar refractivity (Wildman–Crippen MR) is 68.7 cm³/mol. The normalized spacial score (nSPS) is 23.0. The monoisotopic (exact) mass is 265 g/mol. The van der Waals surface area contributed by atoms with E-state index in [4.69, 9.17) is 5.11 Å². The molecule has 1 aliphatic carbocycles. The van der Waals surface area contributed by atoms with Gasteiger partial charge in [-0.1, -0.05) is 19.8 Å². The Hall–Kier alpha value is -1.85. The van der Waals surface area contributed by atoms with Crippen LogP contribution < -0.4 is 5.32 Å². The van der Waals surface area contributed by atoms with Crippen molar-refractivity contribution in [3.8, 4) is 0 Å². The summed E-state index contributed by atoms with van der Waals surface area (Å²) in [5.74, 6) is -0.711. The highest BCUT2D eigenvalue weighted by Gasteiger charge is 2.24. The predicted octanol–water partition coefficient (Wildman–Crippen LogP) is 1.28. The number of aliphatic carboxylic acids is 1. The number of carboxylic acid groups (broad SMARTS) is 1. The highest BCUT2D eigenvalue weighted by molar-refractivity contribution is 5.92. The third kappa shape index (κ3) is 3.56. The Morgan fingerprint density at radius 3 is 2.89 bits per heavy atom. The van der Waals surface area contributed by atoms with Gasteiger partial charge in [0.05, 0.1) is 0 Å². The lowest BCUT2D eigenvalue weighted by Crippen LogP contribution is -2.41. The van der Waals surface area contributed by atoms with E-state index in [9.17, 15) is 9.59 Å². The SMILES string of the molecule is CC1CCCCC1NC(=O)c1ccn(CC(=O)O)n1. The molecule has 1 amide bonds. The van der Waals surface area contributed by atoms with Crippen LogP contribution in [0, 0.1) is 5.92 Å². The Morgan fingerprint density at radius 2 is 2.21 bits per heavy atom. The highest BCUT2D eigenvalue weighted by Crippen LogP contribution is 2.23. The van der Waals surface area contributed by atoms with E-state index in [1.165, 1.54) is 17.3 Å². The second-order valence-corrected chi connectivity index (χ2v) is 5.13. The zero-order valence-electron chi connectivity index (χ0n) is 11.0. The van der Waals surface area contributed by atoms with Crippen molar-refractivity contribution < 1.29 is 14.7 Å². The fourth-order valence-corrected chi connectivity index (χ4v) is 2.48. The summed E-state index contributed by atoms with van der Waals surface area (Å²) in [7, 11) is 0. The molecule has 1 saturated carbocycles. The van der Waals surface area contributed by atoms with Crippen LogP contribution in [0.1, 0.15) is 43.1 Å². The Kier molecular flexibility index (Phi) is 4.19. The minimum Gasteiger partial charge on any atom is -0.480 e. The molecular formula is C13H19N3O3. The van der Waals surface area contributed by atoms with E-state index < -0.39 is 5.97 Å². The van der Waals surface area contributed by atoms with Gasteiger partial charge in [0.1, 0.15) is 12.2 Å². The van der Waals surface area contributed by atoms with Crippen LogP contribution in [0.25, 0.3) is 0 Å². The molecule has 0 radical (unpaired) electrons. The van der Waals surface area contributed by atoms with E-state index in [0.29, 0.717) is 5.92 Å². The zero-order chi connectivity index (χ0) is 13.8. The van der Waals surface area contributed by atoms with Crippen LogP contribution in [0.15, 0.2) is 12.3 Å². The number of carbonyl (C=O) groups excluding carboxylic acids is 1. The van der Waals surface area contributed by atoms with Gasteiger partial charge in [-0.25, -0.2) is 0 Å². The molecule has 0 spiro atoms. The summed E-state index contributed by atoms with van der Waals surface area (Å²) in [6.45, 7) is 1.92. The Labute approximate surface area is 111 Å². The van der Waals surface area contributed by atoms with E-state index in [1.54, 1.807) is 6.07 Å². The van der Waals surface area contributed by atoms with Crippen LogP contribution in [-0.2, 0) is 11.3 Å². The van der Waals surface area contributed by atoms with Crippen molar-refractivity contribution in [2.45, 2.75) is 45.2 Å². The summed E-state index contributed by atoms with van der Waals surface area (Å²) in [4.78, 5) is 22.6. The van der Waals surface area contributed by atoms with Crippen LogP contribution in [0.5, 0.6) is 0 Å². The van der Waals surface area contributed by atoms with Crippen LogP contribution in [0.2, 0.25) is 0 Å². The number of nitrogens with one attached hydrogen (secondary N) is 1. The molecule has 19 heavy (non-hydrogen) atoms. The van der Waals surface area contributed by atoms with Gasteiger partial charge in [-0.3, -0.25) is 14.3 Å². The van der Waals surface area contributed by atoms with Crippen LogP contribution in [0.4, 0.5) is 0 Å². The molecule has 0 aromatic carbocycles. The van der Waals surface area contributed by atoms with Gasteiger partial charge in [-0.2, -0.15) is 5.10 Å². The number of rotatable bonds is 4. The van der Waals surface area contributed by atoms with E-state index in [1.807, 2.05) is 0 Å². The molecule has 1 aromatic rings. The maximum Gasteiger partial charge on any atom is 0.325 e. The average Bonchev–Trinajstić information content (AvgIpc) is 2.79. The van der Waals surface area contributed by atoms with E-state index in [2.05, 4.69) is 17.3 Å². The lowest BCUT2D eigenvalue weighted by Gasteiger charge is -2.29. The van der Waals surface area contributed by atoms with Crippen LogP contribution >= 0.6 is 0 Å². The fraction of sp³-hybridized carbons (Fsp3) is 0.615. The molecule has 1 aliphatic rings. The maximum absolute atomic E-state index is 12.0. The lowest BCUT2D eigenvalue weighted by molar-refractivity contribution is -0.137. The molecule has 0 bridgehead atoms. The zero-order valence-corrected chi connectivity index (χ0v) is 11.0. The number of hydrogen-bond acceptors (Lipinski definition) is 3. The Balaban J connectivity index is 1.95. The summed E-state index contributed by atoms with van der Waals surface area (Å²) >= 11 is 0. The van der Waals surface area contributed by atoms with Gasteiger partial charge in [0.25, 0.3) is 5.91 Å². The van der Waals surface area contributed by atoms with Gasteiger partial charge in [-0.05, 0) is 24.8 Å². The van der Waals surface area contributed by atoms with Crippen molar-refractivity contribution in [3.05, 3.63) is 18.0 Å². The summed E-state index contributed by atoms with van der Waals surface area (Å²) in [6, 6.07) is 1.75. The molecule has 6 nitrogen and oxygen atoms in total. The molecule has 0 saturated heterocycles. The van der Waals surface area contributed by atoms with Gasteiger partial charge < -0.3 is 10.4 Å². The molecule has 1 heterocycles. The number of nitrogens with zero attached hydrogens (tertiary/aromatic N) is 2. The molecule has 6 heteroatoms. The summed E-state index contributed by atoms with van der Waals surface area (Å²) < 4.78 is 1.25. The van der Waals surface area contributed by atoms with Gasteiger partial charge in [0, 0.05) is 12.2 Å². The van der Waals surface area contributed by atoms with Gasteiger partial charge in [-0.15, -0.1) is 0 Å². The second kappa shape index (κ2) is 5.86. The molecule has 1 aromatic heterocycles. The Bertz CT molecular complexity index is 469. The maximum atomic E-state index is 12.0. The average molecular weight is 265 g/mol. The molecular weight excluding hydrogens is 246 g/mol. The smallest absolute Gasteiger partial charge is 0.325 e. The van der Waals surface area contributed by atoms with Gasteiger partial charge >= 0.3 is 5.97 Å². The topological polar surface area (TPSA) is 84.2 Å². The Morgan fingerprint density at radius 1 is 1.47 bits per heavy atom. The number of carbonyl (C=O) groups is 2. The first-order valence-corrected chi connectivity index (χ1v) is 6.62. The lowest BCUT2D eigenvalue weighted by atomic mass is 9.86. The number of carboxylic acids is 1.